The molecule has 0 spiro atoms. The molecule has 0 saturated carbocycles. The highest BCUT2D eigenvalue weighted by Gasteiger charge is 2.09. The second-order valence-electron chi connectivity index (χ2n) is 3.84. The highest BCUT2D eigenvalue weighted by atomic mass is 32.2. The average Bonchev–Trinajstić information content (AvgIpc) is 2.29. The zero-order valence-electron chi connectivity index (χ0n) is 10.2. The Morgan fingerprint density at radius 1 is 1.28 bits per heavy atom. The molecule has 0 aliphatic rings. The minimum absolute atomic E-state index is 0.0698. The van der Waals surface area contributed by atoms with Crippen LogP contribution in [0.3, 0.4) is 0 Å². The summed E-state index contributed by atoms with van der Waals surface area (Å²) in [5, 5.41) is 20.8. The predicted molar refractivity (Wildman–Crippen MR) is 71.2 cm³/mol. The second kappa shape index (κ2) is 6.30. The van der Waals surface area contributed by atoms with Crippen molar-refractivity contribution in [3.8, 4) is 5.75 Å². The number of thioether (sulfide) groups is 1. The van der Waals surface area contributed by atoms with E-state index in [1.807, 2.05) is 0 Å². The van der Waals surface area contributed by atoms with E-state index in [2.05, 4.69) is 5.32 Å². The molecule has 0 atom stereocenters. The van der Waals surface area contributed by atoms with Gasteiger partial charge in [-0.3, -0.25) is 9.59 Å². The molecule has 0 aliphatic carbocycles. The molecule has 1 aromatic carbocycles. The van der Waals surface area contributed by atoms with Gasteiger partial charge in [0, 0.05) is 11.3 Å². The number of hydrogen-bond donors (Lipinski definition) is 3. The molecule has 18 heavy (non-hydrogen) atoms. The summed E-state index contributed by atoms with van der Waals surface area (Å²) in [5.41, 5.74) is 1.89. The Hall–Kier alpha value is -1.69. The summed E-state index contributed by atoms with van der Waals surface area (Å²) in [7, 11) is 0. The van der Waals surface area contributed by atoms with Gasteiger partial charge < -0.3 is 15.5 Å². The van der Waals surface area contributed by atoms with E-state index in [4.69, 9.17) is 5.11 Å². The van der Waals surface area contributed by atoms with Crippen LogP contribution in [0.5, 0.6) is 5.75 Å². The van der Waals surface area contributed by atoms with Crippen molar-refractivity contribution < 1.29 is 19.8 Å². The van der Waals surface area contributed by atoms with Crippen LogP contribution in [0.2, 0.25) is 0 Å². The van der Waals surface area contributed by atoms with Gasteiger partial charge in [0.15, 0.2) is 0 Å². The lowest BCUT2D eigenvalue weighted by Gasteiger charge is -2.11. The van der Waals surface area contributed by atoms with Crippen LogP contribution >= 0.6 is 11.8 Å². The number of benzene rings is 1. The summed E-state index contributed by atoms with van der Waals surface area (Å²) in [6, 6.07) is 3.42. The number of carboxylic acid groups (broad SMARTS) is 1. The molecule has 0 radical (unpaired) electrons. The topological polar surface area (TPSA) is 86.6 Å². The average molecular weight is 269 g/mol. The van der Waals surface area contributed by atoms with Gasteiger partial charge in [0.25, 0.3) is 0 Å². The van der Waals surface area contributed by atoms with Crippen molar-refractivity contribution in [1.29, 1.82) is 0 Å². The zero-order chi connectivity index (χ0) is 13.7. The maximum absolute atomic E-state index is 11.5. The molecule has 5 nitrogen and oxygen atoms in total. The van der Waals surface area contributed by atoms with E-state index >= 15 is 0 Å². The van der Waals surface area contributed by atoms with Crippen molar-refractivity contribution in [3.63, 3.8) is 0 Å². The lowest BCUT2D eigenvalue weighted by atomic mass is 10.1. The molecule has 0 aromatic heterocycles. The fraction of sp³-hybridized carbons (Fsp3) is 0.333. The molecule has 0 saturated heterocycles. The number of rotatable bonds is 5. The van der Waals surface area contributed by atoms with Crippen molar-refractivity contribution in [2.75, 3.05) is 16.8 Å². The number of carbonyl (C=O) groups is 2. The molecule has 1 amide bonds. The molecule has 0 bridgehead atoms. The van der Waals surface area contributed by atoms with Crippen LogP contribution in [0.4, 0.5) is 5.69 Å². The lowest BCUT2D eigenvalue weighted by Crippen LogP contribution is -2.16. The first kappa shape index (κ1) is 14.4. The molecule has 98 valence electrons. The molecular formula is C12H15NO4S. The van der Waals surface area contributed by atoms with E-state index in [1.165, 1.54) is 0 Å². The van der Waals surface area contributed by atoms with Gasteiger partial charge in [-0.15, -0.1) is 11.8 Å². The lowest BCUT2D eigenvalue weighted by molar-refractivity contribution is -0.133. The minimum Gasteiger partial charge on any atom is -0.507 e. The highest BCUT2D eigenvalue weighted by molar-refractivity contribution is 8.00. The summed E-state index contributed by atoms with van der Waals surface area (Å²) < 4.78 is 0. The number of aryl methyl sites for hydroxylation is 1. The normalized spacial score (nSPS) is 10.1. The summed E-state index contributed by atoms with van der Waals surface area (Å²) in [4.78, 5) is 21.8. The van der Waals surface area contributed by atoms with Crippen LogP contribution in [0.15, 0.2) is 12.1 Å². The Labute approximate surface area is 109 Å². The molecule has 3 N–H and O–H groups in total. The highest BCUT2D eigenvalue weighted by Crippen LogP contribution is 2.28. The van der Waals surface area contributed by atoms with Gasteiger partial charge in [-0.25, -0.2) is 0 Å². The van der Waals surface area contributed by atoms with Crippen molar-refractivity contribution in [2.24, 2.45) is 0 Å². The SMILES string of the molecule is Cc1ccc(NC(=O)CSCC(=O)O)c(C)c1O. The van der Waals surface area contributed by atoms with E-state index < -0.39 is 5.97 Å². The maximum atomic E-state index is 11.5. The number of nitrogens with one attached hydrogen (secondary N) is 1. The van der Waals surface area contributed by atoms with Gasteiger partial charge in [-0.05, 0) is 25.5 Å². The van der Waals surface area contributed by atoms with Crippen LogP contribution in [0, 0.1) is 13.8 Å². The second-order valence-corrected chi connectivity index (χ2v) is 4.82. The number of hydrogen-bond acceptors (Lipinski definition) is 4. The summed E-state index contributed by atoms with van der Waals surface area (Å²) >= 11 is 1.03. The van der Waals surface area contributed by atoms with Crippen molar-refractivity contribution in [2.45, 2.75) is 13.8 Å². The number of phenols is 1. The Morgan fingerprint density at radius 2 is 1.94 bits per heavy atom. The molecule has 1 rings (SSSR count). The van der Waals surface area contributed by atoms with E-state index in [0.29, 0.717) is 11.3 Å². The van der Waals surface area contributed by atoms with Gasteiger partial charge in [-0.2, -0.15) is 0 Å². The molecule has 6 heteroatoms. The van der Waals surface area contributed by atoms with Crippen molar-refractivity contribution >= 4 is 29.3 Å². The third-order valence-electron chi connectivity index (χ3n) is 2.37. The molecule has 0 heterocycles. The molecule has 1 aromatic rings. The smallest absolute Gasteiger partial charge is 0.313 e. The van der Waals surface area contributed by atoms with Crippen LogP contribution < -0.4 is 5.32 Å². The zero-order valence-corrected chi connectivity index (χ0v) is 11.0. The quantitative estimate of drug-likeness (QED) is 0.758. The number of carbonyl (C=O) groups excluding carboxylic acids is 1. The first-order valence-electron chi connectivity index (χ1n) is 5.30. The Bertz CT molecular complexity index is 473. The van der Waals surface area contributed by atoms with Crippen LogP contribution in [0.25, 0.3) is 0 Å². The van der Waals surface area contributed by atoms with Gasteiger partial charge >= 0.3 is 5.97 Å². The first-order chi connectivity index (χ1) is 8.41. The number of carboxylic acids is 1. The van der Waals surface area contributed by atoms with Gasteiger partial charge in [0.05, 0.1) is 11.5 Å². The van der Waals surface area contributed by atoms with Crippen LogP contribution in [-0.4, -0.2) is 33.6 Å². The van der Waals surface area contributed by atoms with Crippen molar-refractivity contribution in [3.05, 3.63) is 23.3 Å². The Morgan fingerprint density at radius 3 is 2.56 bits per heavy atom. The standard InChI is InChI=1S/C12H15NO4S/c1-7-3-4-9(8(2)12(7)17)13-10(14)5-18-6-11(15)16/h3-4,17H,5-6H2,1-2H3,(H,13,14)(H,15,16). The number of amides is 1. The van der Waals surface area contributed by atoms with Gasteiger partial charge in [0.1, 0.15) is 5.75 Å². The number of aromatic hydroxyl groups is 1. The van der Waals surface area contributed by atoms with E-state index in [1.54, 1.807) is 26.0 Å². The summed E-state index contributed by atoms with van der Waals surface area (Å²) in [6.45, 7) is 3.49. The first-order valence-corrected chi connectivity index (χ1v) is 6.46. The third-order valence-corrected chi connectivity index (χ3v) is 3.28. The van der Waals surface area contributed by atoms with Gasteiger partial charge in [-0.1, -0.05) is 6.07 Å². The molecule has 0 aliphatic heterocycles. The summed E-state index contributed by atoms with van der Waals surface area (Å²) in [6.07, 6.45) is 0. The molecular weight excluding hydrogens is 254 g/mol. The fourth-order valence-electron chi connectivity index (χ4n) is 1.39. The van der Waals surface area contributed by atoms with E-state index in [0.717, 1.165) is 17.3 Å². The summed E-state index contributed by atoms with van der Waals surface area (Å²) in [5.74, 6) is -1.11. The van der Waals surface area contributed by atoms with E-state index in [9.17, 15) is 14.7 Å². The van der Waals surface area contributed by atoms with Crippen LogP contribution in [0.1, 0.15) is 11.1 Å². The molecule has 0 unspecified atom stereocenters. The Balaban J connectivity index is 2.60. The maximum Gasteiger partial charge on any atom is 0.313 e. The van der Waals surface area contributed by atoms with Crippen LogP contribution in [-0.2, 0) is 9.59 Å². The van der Waals surface area contributed by atoms with E-state index in [-0.39, 0.29) is 23.2 Å². The number of anilines is 1. The Kier molecular flexibility index (Phi) is 5.03. The monoisotopic (exact) mass is 269 g/mol. The number of aliphatic carboxylic acids is 1. The largest absolute Gasteiger partial charge is 0.507 e. The molecule has 0 fully saturated rings. The van der Waals surface area contributed by atoms with Crippen molar-refractivity contribution in [1.82, 2.24) is 0 Å². The predicted octanol–water partition coefficient (Wildman–Crippen LogP) is 1.77. The van der Waals surface area contributed by atoms with Gasteiger partial charge in [0.2, 0.25) is 5.91 Å². The third kappa shape index (κ3) is 3.96. The minimum atomic E-state index is -0.947. The fourth-order valence-corrected chi connectivity index (χ4v) is 1.92. The number of phenolic OH excluding ortho intramolecular Hbond substituents is 1.